The Morgan fingerprint density at radius 2 is 1.96 bits per heavy atom. The second kappa shape index (κ2) is 6.33. The molecule has 0 fully saturated rings. The van der Waals surface area contributed by atoms with Crippen molar-refractivity contribution in [2.45, 2.75) is 38.3 Å². The fourth-order valence-electron chi connectivity index (χ4n) is 3.64. The molecule has 0 radical (unpaired) electrons. The van der Waals surface area contributed by atoms with Gasteiger partial charge < -0.3 is 10.4 Å². The van der Waals surface area contributed by atoms with Crippen LogP contribution in [0.25, 0.3) is 5.69 Å². The number of rotatable bonds is 4. The van der Waals surface area contributed by atoms with E-state index in [1.807, 2.05) is 48.5 Å². The van der Waals surface area contributed by atoms with Gasteiger partial charge in [0.2, 0.25) is 5.88 Å². The molecule has 2 aromatic heterocycles. The van der Waals surface area contributed by atoms with E-state index in [4.69, 9.17) is 0 Å². The van der Waals surface area contributed by atoms with Crippen LogP contribution in [0.2, 0.25) is 0 Å². The number of nitrogens with one attached hydrogen (secondary N) is 1. The van der Waals surface area contributed by atoms with Gasteiger partial charge in [0.1, 0.15) is 0 Å². The van der Waals surface area contributed by atoms with E-state index < -0.39 is 0 Å². The van der Waals surface area contributed by atoms with Gasteiger partial charge in [-0.25, -0.2) is 4.68 Å². The average molecular weight is 334 g/mol. The normalized spacial score (nSPS) is 19.6. The third-order valence-electron chi connectivity index (χ3n) is 4.96. The number of hydrogen-bond acceptors (Lipinski definition) is 4. The van der Waals surface area contributed by atoms with Crippen LogP contribution in [0.5, 0.6) is 5.88 Å². The highest BCUT2D eigenvalue weighted by molar-refractivity contribution is 5.45. The molecule has 0 amide bonds. The Bertz CT molecular complexity index is 860. The average Bonchev–Trinajstić information content (AvgIpc) is 3.00. The van der Waals surface area contributed by atoms with Gasteiger partial charge in [-0.2, -0.15) is 5.10 Å². The summed E-state index contributed by atoms with van der Waals surface area (Å²) in [6, 6.07) is 15.7. The zero-order valence-corrected chi connectivity index (χ0v) is 14.3. The van der Waals surface area contributed by atoms with Crippen LogP contribution in [-0.4, -0.2) is 19.9 Å². The van der Waals surface area contributed by atoms with E-state index in [0.29, 0.717) is 6.54 Å². The van der Waals surface area contributed by atoms with Gasteiger partial charge in [0.15, 0.2) is 0 Å². The number of benzene rings is 1. The summed E-state index contributed by atoms with van der Waals surface area (Å²) in [5.74, 6) is 0.233. The number of pyridine rings is 1. The minimum absolute atomic E-state index is 0.233. The van der Waals surface area contributed by atoms with Crippen molar-refractivity contribution >= 4 is 0 Å². The Kier molecular flexibility index (Phi) is 4.01. The summed E-state index contributed by atoms with van der Waals surface area (Å²) in [6.07, 6.45) is 4.70. The predicted molar refractivity (Wildman–Crippen MR) is 96.6 cm³/mol. The van der Waals surface area contributed by atoms with Gasteiger partial charge in [-0.05, 0) is 50.5 Å². The van der Waals surface area contributed by atoms with E-state index in [9.17, 15) is 5.11 Å². The van der Waals surface area contributed by atoms with Crippen LogP contribution in [0.1, 0.15) is 36.7 Å². The Balaban J connectivity index is 1.68. The minimum Gasteiger partial charge on any atom is -0.493 e. The quantitative estimate of drug-likeness (QED) is 0.768. The van der Waals surface area contributed by atoms with Crippen molar-refractivity contribution in [1.29, 1.82) is 0 Å². The molecule has 1 aliphatic rings. The maximum atomic E-state index is 10.9. The van der Waals surface area contributed by atoms with Gasteiger partial charge in [-0.15, -0.1) is 0 Å². The monoisotopic (exact) mass is 334 g/mol. The Morgan fingerprint density at radius 1 is 1.16 bits per heavy atom. The van der Waals surface area contributed by atoms with Crippen molar-refractivity contribution in [2.75, 3.05) is 0 Å². The van der Waals surface area contributed by atoms with Gasteiger partial charge in [0.05, 0.1) is 22.6 Å². The van der Waals surface area contributed by atoms with Crippen molar-refractivity contribution in [3.05, 3.63) is 71.7 Å². The molecular formula is C20H22N4O. The summed E-state index contributed by atoms with van der Waals surface area (Å²) < 4.78 is 1.65. The number of aromatic nitrogens is 3. The highest BCUT2D eigenvalue weighted by Gasteiger charge is 2.38. The van der Waals surface area contributed by atoms with E-state index in [1.54, 1.807) is 10.9 Å². The van der Waals surface area contributed by atoms with Gasteiger partial charge in [-0.3, -0.25) is 4.98 Å². The molecule has 128 valence electrons. The van der Waals surface area contributed by atoms with Gasteiger partial charge >= 0.3 is 0 Å². The van der Waals surface area contributed by atoms with Gasteiger partial charge in [0, 0.05) is 18.3 Å². The lowest BCUT2D eigenvalue weighted by Gasteiger charge is -2.34. The molecule has 0 aliphatic heterocycles. The van der Waals surface area contributed by atoms with Gasteiger partial charge in [0.25, 0.3) is 0 Å². The van der Waals surface area contributed by atoms with Crippen molar-refractivity contribution in [3.63, 3.8) is 0 Å². The molecule has 1 aliphatic carbocycles. The van der Waals surface area contributed by atoms with Crippen LogP contribution in [0.15, 0.2) is 54.7 Å². The first kappa shape index (κ1) is 15.8. The molecule has 3 aromatic rings. The van der Waals surface area contributed by atoms with Crippen LogP contribution in [0.3, 0.4) is 0 Å². The summed E-state index contributed by atoms with van der Waals surface area (Å²) in [5, 5.41) is 19.2. The van der Waals surface area contributed by atoms with E-state index in [2.05, 4.69) is 22.3 Å². The van der Waals surface area contributed by atoms with E-state index >= 15 is 0 Å². The number of para-hydroxylation sites is 1. The summed E-state index contributed by atoms with van der Waals surface area (Å²) in [5.41, 5.74) is 3.44. The Morgan fingerprint density at radius 3 is 2.72 bits per heavy atom. The zero-order valence-electron chi connectivity index (χ0n) is 14.3. The molecule has 2 N–H and O–H groups in total. The first-order valence-electron chi connectivity index (χ1n) is 8.69. The van der Waals surface area contributed by atoms with Crippen LogP contribution < -0.4 is 5.32 Å². The van der Waals surface area contributed by atoms with Crippen LogP contribution in [0.4, 0.5) is 0 Å². The standard InChI is InChI=1S/C20H22N4O/c1-20(22-14-15-8-5-6-13-21-15)12-7-11-17-18(20)19(25)24(23-17)16-9-3-2-4-10-16/h2-6,8-10,13,22,25H,7,11-12,14H2,1H3. The molecular weight excluding hydrogens is 312 g/mol. The molecule has 0 bridgehead atoms. The molecule has 1 atom stereocenters. The van der Waals surface area contributed by atoms with E-state index in [-0.39, 0.29) is 11.4 Å². The van der Waals surface area contributed by atoms with Crippen LogP contribution in [0, 0.1) is 0 Å². The summed E-state index contributed by atoms with van der Waals surface area (Å²) in [6.45, 7) is 2.80. The number of aromatic hydroxyl groups is 1. The molecule has 5 nitrogen and oxygen atoms in total. The highest BCUT2D eigenvalue weighted by atomic mass is 16.3. The second-order valence-electron chi connectivity index (χ2n) is 6.75. The largest absolute Gasteiger partial charge is 0.493 e. The third kappa shape index (κ3) is 2.91. The molecule has 0 saturated heterocycles. The number of aryl methyl sites for hydroxylation is 1. The van der Waals surface area contributed by atoms with E-state index in [1.165, 1.54) is 0 Å². The van der Waals surface area contributed by atoms with Crippen LogP contribution >= 0.6 is 0 Å². The lowest BCUT2D eigenvalue weighted by molar-refractivity contribution is 0.295. The number of fused-ring (bicyclic) bond motifs is 1. The maximum Gasteiger partial charge on any atom is 0.219 e. The SMILES string of the molecule is CC1(NCc2ccccn2)CCCc2nn(-c3ccccc3)c(O)c21. The third-order valence-corrected chi connectivity index (χ3v) is 4.96. The molecule has 0 spiro atoms. The maximum absolute atomic E-state index is 10.9. The molecule has 5 heteroatoms. The smallest absolute Gasteiger partial charge is 0.219 e. The second-order valence-corrected chi connectivity index (χ2v) is 6.75. The predicted octanol–water partition coefficient (Wildman–Crippen LogP) is 3.31. The van der Waals surface area contributed by atoms with Crippen molar-refractivity contribution in [1.82, 2.24) is 20.1 Å². The van der Waals surface area contributed by atoms with E-state index in [0.717, 1.165) is 41.9 Å². The molecule has 2 heterocycles. The number of nitrogens with zero attached hydrogens (tertiary/aromatic N) is 3. The highest BCUT2D eigenvalue weighted by Crippen LogP contribution is 2.41. The molecule has 25 heavy (non-hydrogen) atoms. The van der Waals surface area contributed by atoms with Crippen LogP contribution in [-0.2, 0) is 18.5 Å². The fourth-order valence-corrected chi connectivity index (χ4v) is 3.64. The summed E-state index contributed by atoms with van der Waals surface area (Å²) in [4.78, 5) is 4.38. The molecule has 1 aromatic carbocycles. The Labute approximate surface area is 147 Å². The molecule has 0 saturated carbocycles. The van der Waals surface area contributed by atoms with Crippen molar-refractivity contribution in [2.24, 2.45) is 0 Å². The molecule has 1 unspecified atom stereocenters. The first-order valence-corrected chi connectivity index (χ1v) is 8.69. The zero-order chi connectivity index (χ0) is 17.3. The van der Waals surface area contributed by atoms with Crippen molar-refractivity contribution < 1.29 is 5.11 Å². The summed E-state index contributed by atoms with van der Waals surface area (Å²) >= 11 is 0. The van der Waals surface area contributed by atoms with Gasteiger partial charge in [-0.1, -0.05) is 24.3 Å². The first-order chi connectivity index (χ1) is 12.2. The van der Waals surface area contributed by atoms with Crippen molar-refractivity contribution in [3.8, 4) is 11.6 Å². The lowest BCUT2D eigenvalue weighted by atomic mass is 9.81. The minimum atomic E-state index is -0.317. The Hall–Kier alpha value is -2.66. The molecule has 4 rings (SSSR count). The number of hydrogen-bond donors (Lipinski definition) is 2. The summed E-state index contributed by atoms with van der Waals surface area (Å²) in [7, 11) is 0. The topological polar surface area (TPSA) is 63.0 Å². The fraction of sp³-hybridized carbons (Fsp3) is 0.300. The lowest BCUT2D eigenvalue weighted by Crippen LogP contribution is -2.41.